The summed E-state index contributed by atoms with van der Waals surface area (Å²) in [6.45, 7) is 1.52. The molecule has 0 atom stereocenters. The zero-order valence-electron chi connectivity index (χ0n) is 9.85. The van der Waals surface area contributed by atoms with Gasteiger partial charge in [-0.1, -0.05) is 6.07 Å². The smallest absolute Gasteiger partial charge is 0.258 e. The molecule has 19 heavy (non-hydrogen) atoms. The van der Waals surface area contributed by atoms with Gasteiger partial charge in [-0.25, -0.2) is 18.2 Å². The van der Waals surface area contributed by atoms with Gasteiger partial charge in [0.1, 0.15) is 4.90 Å². The minimum absolute atomic E-state index is 0.107. The Balaban J connectivity index is 2.58. The standard InChI is InChI=1S/C10H10N4O4S/c1-7-10(19(11,17)18)6-12-13(7)8-3-2-4-9(5-8)14(15)16/h2-6H,1H3,(H2,11,17,18). The fourth-order valence-corrected chi connectivity index (χ4v) is 2.36. The van der Waals surface area contributed by atoms with Crippen LogP contribution in [0.15, 0.2) is 35.4 Å². The molecule has 2 N–H and O–H groups in total. The van der Waals surface area contributed by atoms with E-state index in [0.29, 0.717) is 11.4 Å². The van der Waals surface area contributed by atoms with E-state index in [9.17, 15) is 18.5 Å². The number of hydrogen-bond acceptors (Lipinski definition) is 5. The van der Waals surface area contributed by atoms with Gasteiger partial charge in [-0.2, -0.15) is 5.10 Å². The highest BCUT2D eigenvalue weighted by Gasteiger charge is 2.18. The average Bonchev–Trinajstić information content (AvgIpc) is 2.71. The monoisotopic (exact) mass is 282 g/mol. The molecular formula is C10H10N4O4S. The predicted molar refractivity (Wildman–Crippen MR) is 66.3 cm³/mol. The van der Waals surface area contributed by atoms with Crippen molar-refractivity contribution in [3.8, 4) is 5.69 Å². The first-order valence-corrected chi connectivity index (χ1v) is 6.67. The molecule has 1 heterocycles. The maximum atomic E-state index is 11.3. The van der Waals surface area contributed by atoms with E-state index in [2.05, 4.69) is 5.10 Å². The van der Waals surface area contributed by atoms with Gasteiger partial charge in [0, 0.05) is 12.1 Å². The van der Waals surface area contributed by atoms with E-state index in [1.54, 1.807) is 6.07 Å². The molecule has 2 rings (SSSR count). The van der Waals surface area contributed by atoms with E-state index in [0.717, 1.165) is 6.20 Å². The lowest BCUT2D eigenvalue weighted by Gasteiger charge is -2.04. The van der Waals surface area contributed by atoms with Crippen molar-refractivity contribution in [2.75, 3.05) is 0 Å². The fourth-order valence-electron chi connectivity index (χ4n) is 1.67. The van der Waals surface area contributed by atoms with Crippen molar-refractivity contribution in [2.45, 2.75) is 11.8 Å². The average molecular weight is 282 g/mol. The predicted octanol–water partition coefficient (Wildman–Crippen LogP) is 0.736. The second-order valence-corrected chi connectivity index (χ2v) is 5.36. The summed E-state index contributed by atoms with van der Waals surface area (Å²) >= 11 is 0. The maximum absolute atomic E-state index is 11.3. The fraction of sp³-hybridized carbons (Fsp3) is 0.100. The number of rotatable bonds is 3. The van der Waals surface area contributed by atoms with E-state index in [1.165, 1.54) is 29.8 Å². The lowest BCUT2D eigenvalue weighted by Crippen LogP contribution is -2.13. The Hall–Kier alpha value is -2.26. The van der Waals surface area contributed by atoms with Crippen molar-refractivity contribution >= 4 is 15.7 Å². The van der Waals surface area contributed by atoms with E-state index >= 15 is 0 Å². The first-order valence-electron chi connectivity index (χ1n) is 5.13. The highest BCUT2D eigenvalue weighted by Crippen LogP contribution is 2.20. The second kappa shape index (κ2) is 4.44. The van der Waals surface area contributed by atoms with E-state index in [1.807, 2.05) is 0 Å². The summed E-state index contributed by atoms with van der Waals surface area (Å²) < 4.78 is 23.9. The summed E-state index contributed by atoms with van der Waals surface area (Å²) in [6, 6.07) is 5.71. The summed E-state index contributed by atoms with van der Waals surface area (Å²) in [4.78, 5) is 10.0. The molecule has 0 aliphatic rings. The third kappa shape index (κ3) is 2.46. The number of aromatic nitrogens is 2. The summed E-state index contributed by atoms with van der Waals surface area (Å²) in [5, 5.41) is 19.6. The molecule has 0 unspecified atom stereocenters. The van der Waals surface area contributed by atoms with E-state index in [-0.39, 0.29) is 10.6 Å². The van der Waals surface area contributed by atoms with E-state index in [4.69, 9.17) is 5.14 Å². The summed E-state index contributed by atoms with van der Waals surface area (Å²) in [5.74, 6) is 0. The molecule has 0 radical (unpaired) electrons. The topological polar surface area (TPSA) is 121 Å². The van der Waals surface area contributed by atoms with Crippen LogP contribution in [0.1, 0.15) is 5.69 Å². The number of nitrogens with two attached hydrogens (primary N) is 1. The Morgan fingerprint density at radius 1 is 1.42 bits per heavy atom. The Labute approximate surface area is 108 Å². The number of hydrogen-bond donors (Lipinski definition) is 1. The van der Waals surface area contributed by atoms with E-state index < -0.39 is 14.9 Å². The Morgan fingerprint density at radius 2 is 2.11 bits per heavy atom. The molecule has 0 saturated carbocycles. The minimum atomic E-state index is -3.86. The van der Waals surface area contributed by atoms with Crippen molar-refractivity contribution < 1.29 is 13.3 Å². The van der Waals surface area contributed by atoms with Gasteiger partial charge in [0.2, 0.25) is 10.0 Å². The normalized spacial score (nSPS) is 11.5. The lowest BCUT2D eigenvalue weighted by molar-refractivity contribution is -0.384. The summed E-state index contributed by atoms with van der Waals surface area (Å²) in [7, 11) is -3.86. The third-order valence-corrected chi connectivity index (χ3v) is 3.57. The molecule has 9 heteroatoms. The van der Waals surface area contributed by atoms with Crippen LogP contribution in [0.25, 0.3) is 5.69 Å². The van der Waals surface area contributed by atoms with Crippen molar-refractivity contribution in [2.24, 2.45) is 5.14 Å². The number of primary sulfonamides is 1. The highest BCUT2D eigenvalue weighted by atomic mass is 32.2. The quantitative estimate of drug-likeness (QED) is 0.657. The second-order valence-electron chi connectivity index (χ2n) is 3.83. The Kier molecular flexibility index (Phi) is 3.08. The Bertz CT molecular complexity index is 751. The van der Waals surface area contributed by atoms with Crippen LogP contribution in [-0.4, -0.2) is 23.1 Å². The Morgan fingerprint density at radius 3 is 2.63 bits per heavy atom. The van der Waals surface area contributed by atoms with Gasteiger partial charge in [0.05, 0.1) is 22.5 Å². The van der Waals surface area contributed by atoms with Crippen molar-refractivity contribution in [1.29, 1.82) is 0 Å². The number of benzene rings is 1. The maximum Gasteiger partial charge on any atom is 0.271 e. The zero-order chi connectivity index (χ0) is 14.2. The molecule has 8 nitrogen and oxygen atoms in total. The minimum Gasteiger partial charge on any atom is -0.258 e. The van der Waals surface area contributed by atoms with Gasteiger partial charge >= 0.3 is 0 Å². The molecular weight excluding hydrogens is 272 g/mol. The van der Waals surface area contributed by atoms with Crippen LogP contribution >= 0.6 is 0 Å². The number of non-ortho nitro benzene ring substituents is 1. The SMILES string of the molecule is Cc1c(S(N)(=O)=O)cnn1-c1cccc([N+](=O)[O-])c1. The van der Waals surface area contributed by atoms with Crippen LogP contribution < -0.4 is 5.14 Å². The van der Waals surface area contributed by atoms with Crippen LogP contribution in [0.5, 0.6) is 0 Å². The van der Waals surface area contributed by atoms with Crippen LogP contribution in [0, 0.1) is 17.0 Å². The summed E-state index contributed by atoms with van der Waals surface area (Å²) in [5.41, 5.74) is 0.578. The van der Waals surface area contributed by atoms with Crippen LogP contribution in [0.3, 0.4) is 0 Å². The molecule has 2 aromatic rings. The van der Waals surface area contributed by atoms with Gasteiger partial charge < -0.3 is 0 Å². The molecule has 0 fully saturated rings. The van der Waals surface area contributed by atoms with Gasteiger partial charge in [0.15, 0.2) is 0 Å². The number of nitro groups is 1. The first-order chi connectivity index (χ1) is 8.80. The van der Waals surface area contributed by atoms with Crippen LogP contribution in [0.4, 0.5) is 5.69 Å². The molecule has 100 valence electrons. The zero-order valence-corrected chi connectivity index (χ0v) is 10.7. The van der Waals surface area contributed by atoms with Crippen LogP contribution in [-0.2, 0) is 10.0 Å². The third-order valence-electron chi connectivity index (χ3n) is 2.56. The van der Waals surface area contributed by atoms with Crippen molar-refractivity contribution in [1.82, 2.24) is 9.78 Å². The molecule has 0 aliphatic heterocycles. The molecule has 0 bridgehead atoms. The molecule has 0 aliphatic carbocycles. The molecule has 1 aromatic carbocycles. The largest absolute Gasteiger partial charge is 0.271 e. The van der Waals surface area contributed by atoms with Gasteiger partial charge in [-0.05, 0) is 13.0 Å². The molecule has 1 aromatic heterocycles. The van der Waals surface area contributed by atoms with Crippen LogP contribution in [0.2, 0.25) is 0 Å². The highest BCUT2D eigenvalue weighted by molar-refractivity contribution is 7.89. The van der Waals surface area contributed by atoms with Crippen molar-refractivity contribution in [3.63, 3.8) is 0 Å². The lowest BCUT2D eigenvalue weighted by atomic mass is 10.3. The molecule has 0 amide bonds. The first kappa shape index (κ1) is 13.2. The van der Waals surface area contributed by atoms with Gasteiger partial charge in [-0.3, -0.25) is 10.1 Å². The number of sulfonamides is 1. The van der Waals surface area contributed by atoms with Crippen molar-refractivity contribution in [3.05, 3.63) is 46.3 Å². The molecule has 0 spiro atoms. The number of nitro benzene ring substituents is 1. The number of nitrogens with zero attached hydrogens (tertiary/aromatic N) is 3. The van der Waals surface area contributed by atoms with Gasteiger partial charge in [-0.15, -0.1) is 0 Å². The molecule has 0 saturated heterocycles. The summed E-state index contributed by atoms with van der Waals surface area (Å²) in [6.07, 6.45) is 1.11. The van der Waals surface area contributed by atoms with Gasteiger partial charge in [0.25, 0.3) is 5.69 Å².